The lowest BCUT2D eigenvalue weighted by molar-refractivity contribution is 0.0979. The van der Waals surface area contributed by atoms with E-state index in [2.05, 4.69) is 9.88 Å². The van der Waals surface area contributed by atoms with Crippen molar-refractivity contribution in [2.24, 2.45) is 0 Å². The van der Waals surface area contributed by atoms with Crippen LogP contribution in [0.1, 0.15) is 22.6 Å². The first kappa shape index (κ1) is 19.8. The number of aromatic nitrogens is 3. The van der Waals surface area contributed by atoms with E-state index in [4.69, 9.17) is 16.6 Å². The highest BCUT2D eigenvalue weighted by Crippen LogP contribution is 2.33. The van der Waals surface area contributed by atoms with Crippen molar-refractivity contribution < 1.29 is 4.79 Å². The number of hydrogen-bond acceptors (Lipinski definition) is 5. The van der Waals surface area contributed by atoms with E-state index in [9.17, 15) is 4.79 Å². The number of para-hydroxylation sites is 1. The Morgan fingerprint density at radius 2 is 1.97 bits per heavy atom. The summed E-state index contributed by atoms with van der Waals surface area (Å²) in [4.78, 5) is 26.8. The van der Waals surface area contributed by atoms with Crippen molar-refractivity contribution in [3.63, 3.8) is 0 Å². The molecule has 0 atom stereocenters. The van der Waals surface area contributed by atoms with Gasteiger partial charge in [0.15, 0.2) is 5.13 Å². The first-order chi connectivity index (χ1) is 14.0. The number of carbonyl (C=O) groups is 1. The molecule has 0 spiro atoms. The summed E-state index contributed by atoms with van der Waals surface area (Å²) in [5.41, 5.74) is 2.76. The van der Waals surface area contributed by atoms with Crippen molar-refractivity contribution in [2.75, 3.05) is 32.1 Å². The minimum Gasteiger partial charge on any atom is -0.309 e. The number of nitrogens with zero attached hydrogens (tertiary/aromatic N) is 5. The third-order valence-electron chi connectivity index (χ3n) is 4.73. The van der Waals surface area contributed by atoms with E-state index in [1.54, 1.807) is 4.90 Å². The number of rotatable bonds is 6. The first-order valence-electron chi connectivity index (χ1n) is 9.41. The van der Waals surface area contributed by atoms with Gasteiger partial charge >= 0.3 is 0 Å². The van der Waals surface area contributed by atoms with Crippen LogP contribution in [0.5, 0.6) is 0 Å². The van der Waals surface area contributed by atoms with E-state index >= 15 is 0 Å². The number of benzene rings is 1. The molecule has 0 fully saturated rings. The summed E-state index contributed by atoms with van der Waals surface area (Å²) in [7, 11) is 4.05. The van der Waals surface area contributed by atoms with Gasteiger partial charge in [-0.3, -0.25) is 14.1 Å². The van der Waals surface area contributed by atoms with E-state index in [-0.39, 0.29) is 5.91 Å². The van der Waals surface area contributed by atoms with Gasteiger partial charge < -0.3 is 4.90 Å². The number of imidazole rings is 1. The van der Waals surface area contributed by atoms with Crippen LogP contribution in [-0.2, 0) is 0 Å². The number of hydrogen-bond donors (Lipinski definition) is 0. The second kappa shape index (κ2) is 8.10. The van der Waals surface area contributed by atoms with Gasteiger partial charge in [-0.25, -0.2) is 9.97 Å². The Morgan fingerprint density at radius 3 is 2.72 bits per heavy atom. The molecule has 3 heterocycles. The molecular weight excluding hydrogens is 406 g/mol. The van der Waals surface area contributed by atoms with E-state index < -0.39 is 0 Å². The van der Waals surface area contributed by atoms with Crippen molar-refractivity contribution >= 4 is 49.8 Å². The summed E-state index contributed by atoms with van der Waals surface area (Å²) in [6, 6.07) is 11.4. The minimum absolute atomic E-state index is 0.102. The molecule has 3 aromatic heterocycles. The van der Waals surface area contributed by atoms with E-state index in [1.807, 2.05) is 68.0 Å². The molecular formula is C21H22ClN5OS. The van der Waals surface area contributed by atoms with Crippen molar-refractivity contribution in [1.82, 2.24) is 19.3 Å². The second-order valence-corrected chi connectivity index (χ2v) is 8.59. The van der Waals surface area contributed by atoms with Gasteiger partial charge in [0.05, 0.1) is 15.4 Å². The van der Waals surface area contributed by atoms with Crippen LogP contribution >= 0.6 is 22.9 Å². The quantitative estimate of drug-likeness (QED) is 0.454. The summed E-state index contributed by atoms with van der Waals surface area (Å²) in [6.45, 7) is 3.31. The normalized spacial score (nSPS) is 11.6. The number of carbonyl (C=O) groups excluding carboxylic acids is 1. The highest BCUT2D eigenvalue weighted by Gasteiger charge is 2.26. The highest BCUT2D eigenvalue weighted by molar-refractivity contribution is 7.22. The van der Waals surface area contributed by atoms with Gasteiger partial charge in [-0.1, -0.05) is 35.1 Å². The maximum absolute atomic E-state index is 13.7. The second-order valence-electron chi connectivity index (χ2n) is 7.17. The van der Waals surface area contributed by atoms with Gasteiger partial charge in [0.2, 0.25) is 0 Å². The lowest BCUT2D eigenvalue weighted by Crippen LogP contribution is -2.34. The Hall–Kier alpha value is -2.48. The van der Waals surface area contributed by atoms with Crippen LogP contribution in [0, 0.1) is 6.92 Å². The molecule has 1 aromatic carbocycles. The standard InChI is InChI=1S/C21H22ClN5OS/c1-14-19(26-12-5-4-10-17(26)23-14)20(28)27(13-7-11-25(2)3)21-24-18-15(22)8-6-9-16(18)29-21/h4-6,8-10,12H,7,11,13H2,1-3H3. The molecule has 8 heteroatoms. The fourth-order valence-corrected chi connectivity index (χ4v) is 4.64. The maximum atomic E-state index is 13.7. The average Bonchev–Trinajstić information content (AvgIpc) is 3.25. The Balaban J connectivity index is 1.77. The Bertz CT molecular complexity index is 1180. The molecule has 0 aliphatic rings. The molecule has 29 heavy (non-hydrogen) atoms. The number of pyridine rings is 1. The van der Waals surface area contributed by atoms with Crippen LogP contribution in [0.15, 0.2) is 42.6 Å². The largest absolute Gasteiger partial charge is 0.309 e. The van der Waals surface area contributed by atoms with Crippen molar-refractivity contribution in [3.05, 3.63) is 59.0 Å². The van der Waals surface area contributed by atoms with E-state index in [0.29, 0.717) is 28.1 Å². The predicted octanol–water partition coefficient (Wildman–Crippen LogP) is 4.50. The zero-order chi connectivity index (χ0) is 20.5. The Labute approximate surface area is 178 Å². The predicted molar refractivity (Wildman–Crippen MR) is 119 cm³/mol. The number of thiazole rings is 1. The number of anilines is 1. The summed E-state index contributed by atoms with van der Waals surface area (Å²) in [5, 5.41) is 1.25. The molecule has 0 saturated carbocycles. The monoisotopic (exact) mass is 427 g/mol. The maximum Gasteiger partial charge on any atom is 0.278 e. The fourth-order valence-electron chi connectivity index (χ4n) is 3.35. The van der Waals surface area contributed by atoms with Gasteiger partial charge in [0.25, 0.3) is 5.91 Å². The topological polar surface area (TPSA) is 53.7 Å². The third kappa shape index (κ3) is 3.85. The Kier molecular flexibility index (Phi) is 5.54. The fraction of sp³-hybridized carbons (Fsp3) is 0.286. The molecule has 0 unspecified atom stereocenters. The number of fused-ring (bicyclic) bond motifs is 2. The van der Waals surface area contributed by atoms with Crippen LogP contribution in [-0.4, -0.2) is 52.4 Å². The van der Waals surface area contributed by atoms with Gasteiger partial charge in [0, 0.05) is 12.7 Å². The van der Waals surface area contributed by atoms with Crippen molar-refractivity contribution in [2.45, 2.75) is 13.3 Å². The summed E-state index contributed by atoms with van der Waals surface area (Å²) < 4.78 is 2.81. The third-order valence-corrected chi connectivity index (χ3v) is 6.08. The van der Waals surface area contributed by atoms with Gasteiger partial charge in [-0.2, -0.15) is 0 Å². The number of halogens is 1. The summed E-state index contributed by atoms with van der Waals surface area (Å²) in [5.74, 6) is -0.102. The molecule has 0 aliphatic carbocycles. The first-order valence-corrected chi connectivity index (χ1v) is 10.6. The van der Waals surface area contributed by atoms with Gasteiger partial charge in [-0.15, -0.1) is 0 Å². The van der Waals surface area contributed by atoms with E-state index in [0.717, 1.165) is 28.8 Å². The molecule has 6 nitrogen and oxygen atoms in total. The number of amides is 1. The average molecular weight is 428 g/mol. The van der Waals surface area contributed by atoms with Crippen LogP contribution in [0.4, 0.5) is 5.13 Å². The molecule has 0 saturated heterocycles. The Morgan fingerprint density at radius 1 is 1.14 bits per heavy atom. The van der Waals surface area contributed by atoms with Crippen LogP contribution in [0.3, 0.4) is 0 Å². The van der Waals surface area contributed by atoms with Crippen LogP contribution < -0.4 is 4.90 Å². The zero-order valence-electron chi connectivity index (χ0n) is 16.6. The SMILES string of the molecule is Cc1nc2ccccn2c1C(=O)N(CCCN(C)C)c1nc2c(Cl)cccc2s1. The summed E-state index contributed by atoms with van der Waals surface area (Å²) >= 11 is 7.80. The van der Waals surface area contributed by atoms with Crippen molar-refractivity contribution in [3.8, 4) is 0 Å². The summed E-state index contributed by atoms with van der Waals surface area (Å²) in [6.07, 6.45) is 2.70. The smallest absolute Gasteiger partial charge is 0.278 e. The molecule has 0 bridgehead atoms. The van der Waals surface area contributed by atoms with E-state index in [1.165, 1.54) is 11.3 Å². The van der Waals surface area contributed by atoms with Gasteiger partial charge in [-0.05, 0) is 58.3 Å². The van der Waals surface area contributed by atoms with Crippen LogP contribution in [0.25, 0.3) is 15.9 Å². The van der Waals surface area contributed by atoms with Crippen molar-refractivity contribution in [1.29, 1.82) is 0 Å². The zero-order valence-corrected chi connectivity index (χ0v) is 18.2. The molecule has 0 radical (unpaired) electrons. The lowest BCUT2D eigenvalue weighted by atomic mass is 10.3. The molecule has 0 aliphatic heterocycles. The molecule has 1 amide bonds. The molecule has 0 N–H and O–H groups in total. The lowest BCUT2D eigenvalue weighted by Gasteiger charge is -2.21. The molecule has 4 rings (SSSR count). The molecule has 150 valence electrons. The highest BCUT2D eigenvalue weighted by atomic mass is 35.5. The minimum atomic E-state index is -0.102. The van der Waals surface area contributed by atoms with Gasteiger partial charge in [0.1, 0.15) is 16.9 Å². The van der Waals surface area contributed by atoms with Crippen LogP contribution in [0.2, 0.25) is 5.02 Å². The number of aryl methyl sites for hydroxylation is 1. The molecule has 4 aromatic rings.